The van der Waals surface area contributed by atoms with Crippen molar-refractivity contribution in [3.63, 3.8) is 0 Å². The van der Waals surface area contributed by atoms with Crippen molar-refractivity contribution in [3.8, 4) is 0 Å². The molecule has 1 unspecified atom stereocenters. The lowest BCUT2D eigenvalue weighted by Crippen LogP contribution is -2.30. The SMILES string of the molecule is Cn1cc(CNC2CCNC2)cn1. The highest BCUT2D eigenvalue weighted by atomic mass is 15.2. The topological polar surface area (TPSA) is 41.9 Å². The molecule has 4 nitrogen and oxygen atoms in total. The molecule has 0 aromatic carbocycles. The van der Waals surface area contributed by atoms with Gasteiger partial charge in [0.05, 0.1) is 6.20 Å². The Balaban J connectivity index is 1.78. The fraction of sp³-hybridized carbons (Fsp3) is 0.667. The lowest BCUT2D eigenvalue weighted by Gasteiger charge is -2.08. The summed E-state index contributed by atoms with van der Waals surface area (Å²) in [6.07, 6.45) is 5.20. The quantitative estimate of drug-likeness (QED) is 0.681. The van der Waals surface area contributed by atoms with E-state index >= 15 is 0 Å². The predicted octanol–water partition coefficient (Wildman–Crippen LogP) is -0.128. The molecular formula is C9H16N4. The van der Waals surface area contributed by atoms with Crippen molar-refractivity contribution in [3.05, 3.63) is 18.0 Å². The molecule has 2 heterocycles. The molecule has 2 rings (SSSR count). The maximum absolute atomic E-state index is 4.12. The summed E-state index contributed by atoms with van der Waals surface area (Å²) in [5.74, 6) is 0. The zero-order chi connectivity index (χ0) is 9.10. The number of hydrogen-bond acceptors (Lipinski definition) is 3. The van der Waals surface area contributed by atoms with Crippen LogP contribution in [0.15, 0.2) is 12.4 Å². The van der Waals surface area contributed by atoms with Crippen LogP contribution < -0.4 is 10.6 Å². The first-order chi connectivity index (χ1) is 6.34. The molecular weight excluding hydrogens is 164 g/mol. The van der Waals surface area contributed by atoms with Crippen LogP contribution >= 0.6 is 0 Å². The summed E-state index contributed by atoms with van der Waals surface area (Å²) in [5, 5.41) is 10.9. The first-order valence-corrected chi connectivity index (χ1v) is 4.76. The van der Waals surface area contributed by atoms with Crippen molar-refractivity contribution in [1.29, 1.82) is 0 Å². The first kappa shape index (κ1) is 8.72. The third-order valence-electron chi connectivity index (χ3n) is 2.41. The smallest absolute Gasteiger partial charge is 0.0534 e. The molecule has 0 radical (unpaired) electrons. The second kappa shape index (κ2) is 3.89. The summed E-state index contributed by atoms with van der Waals surface area (Å²) in [6.45, 7) is 3.17. The van der Waals surface area contributed by atoms with Gasteiger partial charge in [0.25, 0.3) is 0 Å². The molecule has 0 spiro atoms. The van der Waals surface area contributed by atoms with E-state index in [-0.39, 0.29) is 0 Å². The van der Waals surface area contributed by atoms with Crippen LogP contribution in [-0.2, 0) is 13.6 Å². The number of rotatable bonds is 3. The zero-order valence-electron chi connectivity index (χ0n) is 7.95. The number of nitrogens with zero attached hydrogens (tertiary/aromatic N) is 2. The molecule has 1 aliphatic rings. The third-order valence-corrected chi connectivity index (χ3v) is 2.41. The molecule has 0 aliphatic carbocycles. The Hall–Kier alpha value is -0.870. The van der Waals surface area contributed by atoms with Crippen LogP contribution in [0.1, 0.15) is 12.0 Å². The van der Waals surface area contributed by atoms with E-state index in [0.717, 1.165) is 19.6 Å². The summed E-state index contributed by atoms with van der Waals surface area (Å²) in [6, 6.07) is 0.639. The second-order valence-corrected chi connectivity index (χ2v) is 3.59. The van der Waals surface area contributed by atoms with Crippen LogP contribution in [0.4, 0.5) is 0 Å². The highest BCUT2D eigenvalue weighted by Gasteiger charge is 2.12. The predicted molar refractivity (Wildman–Crippen MR) is 51.3 cm³/mol. The largest absolute Gasteiger partial charge is 0.315 e. The molecule has 72 valence electrons. The van der Waals surface area contributed by atoms with E-state index in [0.29, 0.717) is 6.04 Å². The van der Waals surface area contributed by atoms with Crippen LogP contribution in [0.3, 0.4) is 0 Å². The lowest BCUT2D eigenvalue weighted by atomic mass is 10.2. The lowest BCUT2D eigenvalue weighted by molar-refractivity contribution is 0.547. The maximum Gasteiger partial charge on any atom is 0.0534 e. The monoisotopic (exact) mass is 180 g/mol. The fourth-order valence-corrected chi connectivity index (χ4v) is 1.65. The van der Waals surface area contributed by atoms with E-state index in [9.17, 15) is 0 Å². The van der Waals surface area contributed by atoms with Crippen molar-refractivity contribution >= 4 is 0 Å². The van der Waals surface area contributed by atoms with Crippen molar-refractivity contribution < 1.29 is 0 Å². The van der Waals surface area contributed by atoms with Crippen LogP contribution in [-0.4, -0.2) is 28.9 Å². The Kier molecular flexibility index (Phi) is 2.61. The molecule has 1 aliphatic heterocycles. The maximum atomic E-state index is 4.12. The molecule has 13 heavy (non-hydrogen) atoms. The van der Waals surface area contributed by atoms with E-state index in [1.165, 1.54) is 12.0 Å². The van der Waals surface area contributed by atoms with Gasteiger partial charge in [-0.25, -0.2) is 0 Å². The number of aryl methyl sites for hydroxylation is 1. The Morgan fingerprint density at radius 3 is 3.31 bits per heavy atom. The Morgan fingerprint density at radius 1 is 1.77 bits per heavy atom. The molecule has 2 N–H and O–H groups in total. The van der Waals surface area contributed by atoms with Crippen LogP contribution in [0.25, 0.3) is 0 Å². The van der Waals surface area contributed by atoms with Crippen molar-refractivity contribution in [1.82, 2.24) is 20.4 Å². The molecule has 0 amide bonds. The molecule has 0 saturated carbocycles. The number of aromatic nitrogens is 2. The van der Waals surface area contributed by atoms with Gasteiger partial charge in [0, 0.05) is 37.9 Å². The van der Waals surface area contributed by atoms with E-state index in [2.05, 4.69) is 21.9 Å². The van der Waals surface area contributed by atoms with Gasteiger partial charge in [0.2, 0.25) is 0 Å². The van der Waals surface area contributed by atoms with Crippen molar-refractivity contribution in [2.45, 2.75) is 19.0 Å². The van der Waals surface area contributed by atoms with E-state index < -0.39 is 0 Å². The highest BCUT2D eigenvalue weighted by molar-refractivity contribution is 5.03. The Morgan fingerprint density at radius 2 is 2.69 bits per heavy atom. The number of hydrogen-bond donors (Lipinski definition) is 2. The van der Waals surface area contributed by atoms with Gasteiger partial charge in [-0.2, -0.15) is 5.10 Å². The molecule has 4 heteroatoms. The summed E-state index contributed by atoms with van der Waals surface area (Å²) in [4.78, 5) is 0. The molecule has 1 aromatic rings. The van der Waals surface area contributed by atoms with Gasteiger partial charge < -0.3 is 10.6 Å². The fourth-order valence-electron chi connectivity index (χ4n) is 1.65. The molecule has 1 aromatic heterocycles. The molecule has 1 atom stereocenters. The normalized spacial score (nSPS) is 22.4. The van der Waals surface area contributed by atoms with Gasteiger partial charge in [0.15, 0.2) is 0 Å². The van der Waals surface area contributed by atoms with Gasteiger partial charge >= 0.3 is 0 Å². The third kappa shape index (κ3) is 2.29. The van der Waals surface area contributed by atoms with Crippen LogP contribution in [0.5, 0.6) is 0 Å². The van der Waals surface area contributed by atoms with Gasteiger partial charge in [-0.05, 0) is 13.0 Å². The Bertz CT molecular complexity index is 262. The van der Waals surface area contributed by atoms with E-state index in [1.807, 2.05) is 17.9 Å². The standard InChI is InChI=1S/C9H16N4/c1-13-7-8(5-12-13)4-11-9-2-3-10-6-9/h5,7,9-11H,2-4,6H2,1H3. The Labute approximate surface area is 78.3 Å². The van der Waals surface area contributed by atoms with Crippen molar-refractivity contribution in [2.75, 3.05) is 13.1 Å². The minimum Gasteiger partial charge on any atom is -0.315 e. The summed E-state index contributed by atoms with van der Waals surface area (Å²) >= 11 is 0. The minimum absolute atomic E-state index is 0.639. The second-order valence-electron chi connectivity index (χ2n) is 3.59. The highest BCUT2D eigenvalue weighted by Crippen LogP contribution is 2.00. The van der Waals surface area contributed by atoms with Gasteiger partial charge in [0.1, 0.15) is 0 Å². The van der Waals surface area contributed by atoms with Gasteiger partial charge in [-0.15, -0.1) is 0 Å². The van der Waals surface area contributed by atoms with Crippen molar-refractivity contribution in [2.24, 2.45) is 7.05 Å². The van der Waals surface area contributed by atoms with Gasteiger partial charge in [-0.3, -0.25) is 4.68 Å². The average Bonchev–Trinajstić information content (AvgIpc) is 2.71. The number of nitrogens with one attached hydrogen (secondary N) is 2. The zero-order valence-corrected chi connectivity index (χ0v) is 7.95. The summed E-state index contributed by atoms with van der Waals surface area (Å²) < 4.78 is 1.84. The van der Waals surface area contributed by atoms with E-state index in [1.54, 1.807) is 0 Å². The molecule has 0 bridgehead atoms. The van der Waals surface area contributed by atoms with Crippen LogP contribution in [0, 0.1) is 0 Å². The molecule has 1 fully saturated rings. The minimum atomic E-state index is 0.639. The summed E-state index contributed by atoms with van der Waals surface area (Å²) in [5.41, 5.74) is 1.26. The average molecular weight is 180 g/mol. The van der Waals surface area contributed by atoms with E-state index in [4.69, 9.17) is 0 Å². The first-order valence-electron chi connectivity index (χ1n) is 4.76. The van der Waals surface area contributed by atoms with Gasteiger partial charge in [-0.1, -0.05) is 0 Å². The van der Waals surface area contributed by atoms with Crippen LogP contribution in [0.2, 0.25) is 0 Å². The molecule has 1 saturated heterocycles. The summed E-state index contributed by atoms with van der Waals surface area (Å²) in [7, 11) is 1.95.